The van der Waals surface area contributed by atoms with Gasteiger partial charge in [-0.2, -0.15) is 0 Å². The van der Waals surface area contributed by atoms with Gasteiger partial charge >= 0.3 is 7.60 Å². The lowest BCUT2D eigenvalue weighted by Crippen LogP contribution is -2.06. The van der Waals surface area contributed by atoms with Crippen LogP contribution in [-0.2, 0) is 13.6 Å². The lowest BCUT2D eigenvalue weighted by atomic mass is 10.2. The summed E-state index contributed by atoms with van der Waals surface area (Å²) in [4.78, 5) is 0. The molecule has 0 aliphatic carbocycles. The molecule has 0 bridgehead atoms. The minimum atomic E-state index is -3.02. The van der Waals surface area contributed by atoms with Crippen molar-refractivity contribution in [1.82, 2.24) is 5.32 Å². The van der Waals surface area contributed by atoms with Crippen LogP contribution < -0.4 is 5.32 Å². The lowest BCUT2D eigenvalue weighted by Gasteiger charge is -2.12. The molecule has 0 atom stereocenters. The Balaban J connectivity index is 3.81. The fourth-order valence-electron chi connectivity index (χ4n) is 1.36. The summed E-state index contributed by atoms with van der Waals surface area (Å²) < 4.78 is 22.2. The van der Waals surface area contributed by atoms with Gasteiger partial charge in [0.2, 0.25) is 0 Å². The highest BCUT2D eigenvalue weighted by molar-refractivity contribution is 7.57. The van der Waals surface area contributed by atoms with Crippen molar-refractivity contribution in [3.8, 4) is 0 Å². The Bertz CT molecular complexity index is 234. The van der Waals surface area contributed by atoms with E-state index in [0.29, 0.717) is 13.2 Å². The summed E-state index contributed by atoms with van der Waals surface area (Å²) in [5.74, 6) is 1.50. The first-order chi connectivity index (χ1) is 8.18. The molecular weight excluding hydrogens is 237 g/mol. The van der Waals surface area contributed by atoms with E-state index in [4.69, 9.17) is 9.05 Å². The predicted octanol–water partition coefficient (Wildman–Crippen LogP) is 3.89. The summed E-state index contributed by atoms with van der Waals surface area (Å²) >= 11 is 0. The van der Waals surface area contributed by atoms with Crippen LogP contribution in [0.1, 0.15) is 46.5 Å². The fourth-order valence-corrected chi connectivity index (χ4v) is 2.62. The molecule has 0 radical (unpaired) electrons. The number of rotatable bonds is 11. The molecule has 0 aliphatic rings. The highest BCUT2D eigenvalue weighted by Crippen LogP contribution is 2.49. The van der Waals surface area contributed by atoms with Gasteiger partial charge in [-0.15, -0.1) is 0 Å². The molecule has 0 aromatic rings. The Kier molecular flexibility index (Phi) is 10.6. The van der Waals surface area contributed by atoms with E-state index in [1.54, 1.807) is 20.0 Å². The minimum Gasteiger partial charge on any atom is -0.391 e. The second-order valence-electron chi connectivity index (χ2n) is 3.71. The first-order valence-corrected chi connectivity index (χ1v) is 8.09. The topological polar surface area (TPSA) is 47.6 Å². The molecule has 0 rings (SSSR count). The summed E-state index contributed by atoms with van der Waals surface area (Å²) in [6.45, 7) is 7.47. The molecule has 5 heteroatoms. The fraction of sp³-hybridized carbons (Fsp3) is 0.833. The molecule has 0 saturated heterocycles. The number of hydrogen-bond acceptors (Lipinski definition) is 4. The molecule has 0 aromatic heterocycles. The van der Waals surface area contributed by atoms with Crippen LogP contribution in [0.3, 0.4) is 0 Å². The summed E-state index contributed by atoms with van der Waals surface area (Å²) in [7, 11) is -3.02. The summed E-state index contributed by atoms with van der Waals surface area (Å²) in [6.07, 6.45) is 6.54. The van der Waals surface area contributed by atoms with E-state index in [1.807, 2.05) is 0 Å². The Labute approximate surface area is 105 Å². The van der Waals surface area contributed by atoms with Crippen molar-refractivity contribution in [2.24, 2.45) is 0 Å². The van der Waals surface area contributed by atoms with Crippen LogP contribution in [0.2, 0.25) is 0 Å². The normalized spacial score (nSPS) is 12.2. The molecule has 0 amide bonds. The largest absolute Gasteiger partial charge is 0.391 e. The predicted molar refractivity (Wildman–Crippen MR) is 72.1 cm³/mol. The SMILES string of the molecule is CCCCCCNC=CP(=O)(OCC)OCC. The van der Waals surface area contributed by atoms with E-state index < -0.39 is 7.60 Å². The van der Waals surface area contributed by atoms with Gasteiger partial charge in [-0.25, -0.2) is 0 Å². The first kappa shape index (κ1) is 16.7. The zero-order valence-electron chi connectivity index (χ0n) is 11.3. The van der Waals surface area contributed by atoms with Crippen LogP contribution in [0.5, 0.6) is 0 Å². The van der Waals surface area contributed by atoms with Crippen LogP contribution in [-0.4, -0.2) is 19.8 Å². The van der Waals surface area contributed by atoms with E-state index in [2.05, 4.69) is 12.2 Å². The quantitative estimate of drug-likeness (QED) is 0.454. The van der Waals surface area contributed by atoms with Gasteiger partial charge in [0.05, 0.1) is 13.2 Å². The molecule has 0 unspecified atom stereocenters. The van der Waals surface area contributed by atoms with E-state index in [1.165, 1.54) is 25.1 Å². The highest BCUT2D eigenvalue weighted by atomic mass is 31.2. The lowest BCUT2D eigenvalue weighted by molar-refractivity contribution is 0.229. The van der Waals surface area contributed by atoms with E-state index in [0.717, 1.165) is 13.0 Å². The zero-order chi connectivity index (χ0) is 13.0. The molecule has 0 saturated carbocycles. The first-order valence-electron chi connectivity index (χ1n) is 6.48. The summed E-state index contributed by atoms with van der Waals surface area (Å²) in [5.41, 5.74) is 0. The Hall–Kier alpha value is -0.310. The second kappa shape index (κ2) is 10.8. The van der Waals surface area contributed by atoms with Gasteiger partial charge < -0.3 is 14.4 Å². The van der Waals surface area contributed by atoms with E-state index in [9.17, 15) is 4.57 Å². The number of hydrogen-bond donors (Lipinski definition) is 1. The average Bonchev–Trinajstić information content (AvgIpc) is 2.28. The van der Waals surface area contributed by atoms with Crippen molar-refractivity contribution in [3.63, 3.8) is 0 Å². The average molecular weight is 263 g/mol. The third-order valence-corrected chi connectivity index (χ3v) is 3.92. The van der Waals surface area contributed by atoms with Gasteiger partial charge in [-0.05, 0) is 20.3 Å². The van der Waals surface area contributed by atoms with Gasteiger partial charge in [0.25, 0.3) is 0 Å². The van der Waals surface area contributed by atoms with Crippen molar-refractivity contribution < 1.29 is 13.6 Å². The third-order valence-electron chi connectivity index (χ3n) is 2.17. The van der Waals surface area contributed by atoms with Crippen molar-refractivity contribution in [1.29, 1.82) is 0 Å². The maximum atomic E-state index is 12.0. The van der Waals surface area contributed by atoms with Crippen molar-refractivity contribution in [3.05, 3.63) is 12.0 Å². The van der Waals surface area contributed by atoms with Crippen LogP contribution in [0.4, 0.5) is 0 Å². The molecule has 0 heterocycles. The standard InChI is InChI=1S/C12H26NO3P/c1-4-7-8-9-10-13-11-12-17(14,15-5-2)16-6-3/h11-13H,4-10H2,1-3H3. The highest BCUT2D eigenvalue weighted by Gasteiger charge is 2.18. The molecule has 102 valence electrons. The Morgan fingerprint density at radius 3 is 2.24 bits per heavy atom. The Morgan fingerprint density at radius 1 is 1.06 bits per heavy atom. The Morgan fingerprint density at radius 2 is 1.71 bits per heavy atom. The van der Waals surface area contributed by atoms with Gasteiger partial charge in [-0.3, -0.25) is 4.57 Å². The van der Waals surface area contributed by atoms with Crippen molar-refractivity contribution in [2.45, 2.75) is 46.5 Å². The van der Waals surface area contributed by atoms with Crippen LogP contribution in [0.25, 0.3) is 0 Å². The maximum Gasteiger partial charge on any atom is 0.355 e. The monoisotopic (exact) mass is 263 g/mol. The molecule has 0 aromatic carbocycles. The molecular formula is C12H26NO3P. The molecule has 4 nitrogen and oxygen atoms in total. The third kappa shape index (κ3) is 9.40. The van der Waals surface area contributed by atoms with E-state index >= 15 is 0 Å². The number of nitrogens with one attached hydrogen (secondary N) is 1. The number of unbranched alkanes of at least 4 members (excludes halogenated alkanes) is 3. The summed E-state index contributed by atoms with van der Waals surface area (Å²) in [6, 6.07) is 0. The van der Waals surface area contributed by atoms with Crippen LogP contribution in [0.15, 0.2) is 12.0 Å². The van der Waals surface area contributed by atoms with Gasteiger partial charge in [0, 0.05) is 18.6 Å². The minimum absolute atomic E-state index is 0.387. The molecule has 1 N–H and O–H groups in total. The zero-order valence-corrected chi connectivity index (χ0v) is 12.2. The molecule has 0 fully saturated rings. The molecule has 0 spiro atoms. The molecule has 0 aliphatic heterocycles. The van der Waals surface area contributed by atoms with Gasteiger partial charge in [-0.1, -0.05) is 26.2 Å². The van der Waals surface area contributed by atoms with Crippen LogP contribution in [0, 0.1) is 0 Å². The van der Waals surface area contributed by atoms with Gasteiger partial charge in [0.1, 0.15) is 0 Å². The molecule has 17 heavy (non-hydrogen) atoms. The van der Waals surface area contributed by atoms with Crippen LogP contribution >= 0.6 is 7.60 Å². The van der Waals surface area contributed by atoms with Crippen molar-refractivity contribution >= 4 is 7.60 Å². The summed E-state index contributed by atoms with van der Waals surface area (Å²) in [5, 5.41) is 3.10. The smallest absolute Gasteiger partial charge is 0.355 e. The maximum absolute atomic E-state index is 12.0. The van der Waals surface area contributed by atoms with E-state index in [-0.39, 0.29) is 0 Å². The van der Waals surface area contributed by atoms with Gasteiger partial charge in [0.15, 0.2) is 0 Å². The second-order valence-corrected chi connectivity index (χ2v) is 5.60. The van der Waals surface area contributed by atoms with Crippen molar-refractivity contribution in [2.75, 3.05) is 19.8 Å².